The second-order valence-corrected chi connectivity index (χ2v) is 7.27. The van der Waals surface area contributed by atoms with Crippen LogP contribution in [0, 0.1) is 0 Å². The van der Waals surface area contributed by atoms with E-state index in [2.05, 4.69) is 46.4 Å². The van der Waals surface area contributed by atoms with Crippen molar-refractivity contribution in [3.8, 4) is 10.7 Å². The summed E-state index contributed by atoms with van der Waals surface area (Å²) in [5.41, 5.74) is 3.00. The molecule has 3 aromatic rings. The number of nitrogens with zero attached hydrogens (tertiary/aromatic N) is 3. The Morgan fingerprint density at radius 2 is 2.17 bits per heavy atom. The van der Waals surface area contributed by atoms with Crippen LogP contribution in [0.1, 0.15) is 35.9 Å². The van der Waals surface area contributed by atoms with Gasteiger partial charge >= 0.3 is 0 Å². The summed E-state index contributed by atoms with van der Waals surface area (Å²) in [6, 6.07) is 13.4. The maximum absolute atomic E-state index is 5.38. The van der Waals surface area contributed by atoms with Gasteiger partial charge in [-0.25, -0.2) is 0 Å². The highest BCUT2D eigenvalue weighted by molar-refractivity contribution is 7.13. The molecule has 2 heterocycles. The molecule has 0 aliphatic heterocycles. The Kier molecular flexibility index (Phi) is 4.45. The fraction of sp³-hybridized carbons (Fsp3) is 0.368. The van der Waals surface area contributed by atoms with Crippen LogP contribution in [-0.2, 0) is 12.8 Å². The monoisotopic (exact) mass is 339 g/mol. The summed E-state index contributed by atoms with van der Waals surface area (Å²) in [7, 11) is 2.22. The average molecular weight is 339 g/mol. The molecule has 0 bridgehead atoms. The SMILES string of the molecule is CN(CCCc1nc(-c2cccs2)no1)C1CCc2ccccc21. The van der Waals surface area contributed by atoms with E-state index in [1.54, 1.807) is 11.3 Å². The van der Waals surface area contributed by atoms with Gasteiger partial charge in [0.2, 0.25) is 11.7 Å². The molecule has 1 atom stereocenters. The molecule has 0 saturated heterocycles. The lowest BCUT2D eigenvalue weighted by Gasteiger charge is -2.24. The molecule has 124 valence electrons. The van der Waals surface area contributed by atoms with E-state index in [9.17, 15) is 0 Å². The molecule has 1 aromatic carbocycles. The van der Waals surface area contributed by atoms with Crippen LogP contribution in [-0.4, -0.2) is 28.6 Å². The molecule has 4 nitrogen and oxygen atoms in total. The van der Waals surface area contributed by atoms with Crippen molar-refractivity contribution in [1.82, 2.24) is 15.0 Å². The number of thiophene rings is 1. The van der Waals surface area contributed by atoms with Gasteiger partial charge in [-0.15, -0.1) is 11.3 Å². The summed E-state index contributed by atoms with van der Waals surface area (Å²) in [6.07, 6.45) is 4.27. The van der Waals surface area contributed by atoms with Gasteiger partial charge in [0, 0.05) is 12.5 Å². The highest BCUT2D eigenvalue weighted by Gasteiger charge is 2.25. The lowest BCUT2D eigenvalue weighted by molar-refractivity contribution is 0.238. The molecule has 0 saturated carbocycles. The van der Waals surface area contributed by atoms with Crippen molar-refractivity contribution < 1.29 is 4.52 Å². The largest absolute Gasteiger partial charge is 0.339 e. The molecule has 1 aliphatic carbocycles. The third-order valence-corrected chi connectivity index (χ3v) is 5.61. The zero-order chi connectivity index (χ0) is 16.4. The van der Waals surface area contributed by atoms with Gasteiger partial charge in [-0.2, -0.15) is 4.98 Å². The van der Waals surface area contributed by atoms with Crippen molar-refractivity contribution in [1.29, 1.82) is 0 Å². The number of hydrogen-bond donors (Lipinski definition) is 0. The van der Waals surface area contributed by atoms with Crippen LogP contribution in [0.25, 0.3) is 10.7 Å². The Bertz CT molecular complexity index is 797. The van der Waals surface area contributed by atoms with Crippen LogP contribution < -0.4 is 0 Å². The van der Waals surface area contributed by atoms with Gasteiger partial charge in [0.1, 0.15) is 0 Å². The molecule has 0 fully saturated rings. The minimum Gasteiger partial charge on any atom is -0.339 e. The molecule has 1 aliphatic rings. The highest BCUT2D eigenvalue weighted by atomic mass is 32.1. The van der Waals surface area contributed by atoms with Crippen LogP contribution in [0.5, 0.6) is 0 Å². The Labute approximate surface area is 146 Å². The lowest BCUT2D eigenvalue weighted by atomic mass is 10.1. The first-order valence-electron chi connectivity index (χ1n) is 8.46. The van der Waals surface area contributed by atoms with E-state index in [0.29, 0.717) is 11.9 Å². The zero-order valence-corrected chi connectivity index (χ0v) is 14.6. The second-order valence-electron chi connectivity index (χ2n) is 6.33. The van der Waals surface area contributed by atoms with E-state index < -0.39 is 0 Å². The predicted octanol–water partition coefficient (Wildman–Crippen LogP) is 4.35. The molecule has 5 heteroatoms. The van der Waals surface area contributed by atoms with Gasteiger partial charge in [0.05, 0.1) is 4.88 Å². The van der Waals surface area contributed by atoms with E-state index >= 15 is 0 Å². The maximum Gasteiger partial charge on any atom is 0.227 e. The Balaban J connectivity index is 1.32. The molecular weight excluding hydrogens is 318 g/mol. The van der Waals surface area contributed by atoms with Crippen molar-refractivity contribution in [2.45, 2.75) is 31.7 Å². The Morgan fingerprint density at radius 3 is 3.04 bits per heavy atom. The summed E-state index contributed by atoms with van der Waals surface area (Å²) in [6.45, 7) is 1.04. The molecule has 2 aromatic heterocycles. The molecule has 0 radical (unpaired) electrons. The zero-order valence-electron chi connectivity index (χ0n) is 13.8. The van der Waals surface area contributed by atoms with Crippen molar-refractivity contribution in [2.75, 3.05) is 13.6 Å². The van der Waals surface area contributed by atoms with Crippen molar-refractivity contribution in [3.63, 3.8) is 0 Å². The van der Waals surface area contributed by atoms with Crippen molar-refractivity contribution >= 4 is 11.3 Å². The molecule has 1 unspecified atom stereocenters. The molecular formula is C19H21N3OS. The van der Waals surface area contributed by atoms with E-state index in [-0.39, 0.29) is 0 Å². The quantitative estimate of drug-likeness (QED) is 0.669. The van der Waals surface area contributed by atoms with Gasteiger partial charge < -0.3 is 4.52 Å². The first-order chi connectivity index (χ1) is 11.8. The van der Waals surface area contributed by atoms with Crippen LogP contribution in [0.3, 0.4) is 0 Å². The Hall–Kier alpha value is -1.98. The van der Waals surface area contributed by atoms with Gasteiger partial charge in [-0.1, -0.05) is 35.5 Å². The molecule has 0 spiro atoms. The molecule has 4 rings (SSSR count). The number of benzene rings is 1. The summed E-state index contributed by atoms with van der Waals surface area (Å²) in [5.74, 6) is 1.44. The third kappa shape index (κ3) is 3.14. The standard InChI is InChI=1S/C19H21N3OS/c1-22(16-11-10-14-6-2-3-7-15(14)16)12-4-9-18-20-19(21-23-18)17-8-5-13-24-17/h2-3,5-8,13,16H,4,9-12H2,1H3. The van der Waals surface area contributed by atoms with Crippen LogP contribution in [0.2, 0.25) is 0 Å². The minimum absolute atomic E-state index is 0.547. The highest BCUT2D eigenvalue weighted by Crippen LogP contribution is 2.34. The summed E-state index contributed by atoms with van der Waals surface area (Å²) in [4.78, 5) is 8.02. The molecule has 24 heavy (non-hydrogen) atoms. The van der Waals surface area contributed by atoms with Gasteiger partial charge in [0.25, 0.3) is 0 Å². The first kappa shape index (κ1) is 15.5. The number of aryl methyl sites for hydroxylation is 2. The minimum atomic E-state index is 0.547. The van der Waals surface area contributed by atoms with Crippen molar-refractivity contribution in [3.05, 3.63) is 58.8 Å². The third-order valence-electron chi connectivity index (χ3n) is 4.74. The fourth-order valence-electron chi connectivity index (χ4n) is 3.49. The van der Waals surface area contributed by atoms with Gasteiger partial charge in [-0.3, -0.25) is 4.90 Å². The maximum atomic E-state index is 5.38. The summed E-state index contributed by atoms with van der Waals surface area (Å²) < 4.78 is 5.38. The van der Waals surface area contributed by atoms with E-state index in [4.69, 9.17) is 4.52 Å². The Morgan fingerprint density at radius 1 is 1.25 bits per heavy atom. The van der Waals surface area contributed by atoms with Crippen molar-refractivity contribution in [2.24, 2.45) is 0 Å². The van der Waals surface area contributed by atoms with E-state index in [1.165, 1.54) is 24.0 Å². The van der Waals surface area contributed by atoms with Crippen LogP contribution >= 0.6 is 11.3 Å². The van der Waals surface area contributed by atoms with Gasteiger partial charge in [0.15, 0.2) is 0 Å². The predicted molar refractivity (Wildman–Crippen MR) is 96.1 cm³/mol. The smallest absolute Gasteiger partial charge is 0.227 e. The number of rotatable bonds is 6. The van der Waals surface area contributed by atoms with Crippen LogP contribution in [0.4, 0.5) is 0 Å². The second kappa shape index (κ2) is 6.87. The molecule has 0 amide bonds. The number of fused-ring (bicyclic) bond motifs is 1. The van der Waals surface area contributed by atoms with Crippen LogP contribution in [0.15, 0.2) is 46.3 Å². The summed E-state index contributed by atoms with van der Waals surface area (Å²) in [5, 5.41) is 6.10. The van der Waals surface area contributed by atoms with E-state index in [0.717, 1.165) is 30.2 Å². The number of aromatic nitrogens is 2. The fourth-order valence-corrected chi connectivity index (χ4v) is 4.14. The number of hydrogen-bond acceptors (Lipinski definition) is 5. The molecule has 0 N–H and O–H groups in total. The van der Waals surface area contributed by atoms with Gasteiger partial charge in [-0.05, 0) is 55.4 Å². The average Bonchev–Trinajstić information content (AvgIpc) is 3.34. The topological polar surface area (TPSA) is 42.2 Å². The van der Waals surface area contributed by atoms with E-state index in [1.807, 2.05) is 17.5 Å². The summed E-state index contributed by atoms with van der Waals surface area (Å²) >= 11 is 1.64. The lowest BCUT2D eigenvalue weighted by Crippen LogP contribution is -2.24. The normalized spacial score (nSPS) is 16.7. The first-order valence-corrected chi connectivity index (χ1v) is 9.34.